The van der Waals surface area contributed by atoms with E-state index in [1.54, 1.807) is 0 Å². The number of hydrogen-bond donors (Lipinski definition) is 2. The van der Waals surface area contributed by atoms with E-state index in [0.29, 0.717) is 6.54 Å². The first-order chi connectivity index (χ1) is 9.04. The fraction of sp³-hybridized carbons (Fsp3) is 0.500. The summed E-state index contributed by atoms with van der Waals surface area (Å²) in [4.78, 5) is 11.7. The fourth-order valence-electron chi connectivity index (χ4n) is 2.17. The Morgan fingerprint density at radius 1 is 1.32 bits per heavy atom. The second-order valence-corrected chi connectivity index (χ2v) is 5.22. The molecule has 1 saturated carbocycles. The van der Waals surface area contributed by atoms with E-state index in [1.165, 1.54) is 0 Å². The molecule has 0 aliphatic heterocycles. The van der Waals surface area contributed by atoms with E-state index >= 15 is 0 Å². The van der Waals surface area contributed by atoms with Gasteiger partial charge in [-0.2, -0.15) is 0 Å². The Kier molecular flexibility index (Phi) is 4.14. The molecule has 0 radical (unpaired) electrons. The summed E-state index contributed by atoms with van der Waals surface area (Å²) in [5.74, 6) is -1.35. The van der Waals surface area contributed by atoms with Gasteiger partial charge in [-0.3, -0.25) is 4.79 Å². The van der Waals surface area contributed by atoms with Crippen LogP contribution in [0.3, 0.4) is 0 Å². The molecule has 1 fully saturated rings. The molecule has 19 heavy (non-hydrogen) atoms. The van der Waals surface area contributed by atoms with Crippen molar-refractivity contribution in [2.24, 2.45) is 5.41 Å². The van der Waals surface area contributed by atoms with Crippen molar-refractivity contribution in [2.75, 3.05) is 20.1 Å². The number of halogens is 2. The monoisotopic (exact) mass is 268 g/mol. The van der Waals surface area contributed by atoms with Crippen molar-refractivity contribution in [1.29, 1.82) is 0 Å². The highest BCUT2D eigenvalue weighted by Crippen LogP contribution is 2.44. The first-order valence-corrected chi connectivity index (χ1v) is 6.40. The third-order valence-electron chi connectivity index (χ3n) is 3.53. The maximum absolute atomic E-state index is 13.4. The fourth-order valence-corrected chi connectivity index (χ4v) is 2.17. The maximum Gasteiger partial charge on any atom is 0.224 e. The lowest BCUT2D eigenvalue weighted by Crippen LogP contribution is -2.35. The molecule has 0 heterocycles. The third kappa shape index (κ3) is 3.73. The van der Waals surface area contributed by atoms with Crippen LogP contribution in [-0.2, 0) is 11.2 Å². The highest BCUT2D eigenvalue weighted by Gasteiger charge is 2.41. The third-order valence-corrected chi connectivity index (χ3v) is 3.53. The molecule has 1 aliphatic rings. The van der Waals surface area contributed by atoms with Gasteiger partial charge in [0.25, 0.3) is 0 Å². The molecule has 0 saturated heterocycles. The van der Waals surface area contributed by atoms with Crippen molar-refractivity contribution >= 4 is 5.91 Å². The van der Waals surface area contributed by atoms with E-state index in [0.717, 1.165) is 37.6 Å². The summed E-state index contributed by atoms with van der Waals surface area (Å²) >= 11 is 0. The van der Waals surface area contributed by atoms with E-state index in [1.807, 2.05) is 7.05 Å². The summed E-state index contributed by atoms with van der Waals surface area (Å²) in [7, 11) is 1.88. The molecular formula is C14H18F2N2O. The summed E-state index contributed by atoms with van der Waals surface area (Å²) in [5.41, 5.74) is 0.251. The van der Waals surface area contributed by atoms with Crippen LogP contribution < -0.4 is 10.6 Å². The summed E-state index contributed by atoms with van der Waals surface area (Å²) < 4.78 is 26.4. The number of benzene rings is 1. The molecule has 0 unspecified atom stereocenters. The first kappa shape index (κ1) is 13.9. The van der Waals surface area contributed by atoms with E-state index in [9.17, 15) is 13.6 Å². The lowest BCUT2D eigenvalue weighted by Gasteiger charge is -2.15. The van der Waals surface area contributed by atoms with Crippen molar-refractivity contribution in [1.82, 2.24) is 10.6 Å². The highest BCUT2D eigenvalue weighted by molar-refractivity contribution is 5.78. The average molecular weight is 268 g/mol. The Labute approximate surface area is 111 Å². The van der Waals surface area contributed by atoms with Crippen LogP contribution in [0.5, 0.6) is 0 Å². The largest absolute Gasteiger partial charge is 0.355 e. The summed E-state index contributed by atoms with van der Waals surface area (Å²) in [5, 5.41) is 5.90. The Hall–Kier alpha value is -1.49. The Bertz CT molecular complexity index is 473. The summed E-state index contributed by atoms with van der Waals surface area (Å²) in [6, 6.07) is 3.15. The van der Waals surface area contributed by atoms with Crippen LogP contribution in [0.2, 0.25) is 0 Å². The molecule has 1 aliphatic carbocycles. The van der Waals surface area contributed by atoms with Gasteiger partial charge >= 0.3 is 0 Å². The topological polar surface area (TPSA) is 41.1 Å². The molecule has 0 aromatic heterocycles. The quantitative estimate of drug-likeness (QED) is 0.823. The normalized spacial score (nSPS) is 16.2. The van der Waals surface area contributed by atoms with E-state index in [4.69, 9.17) is 0 Å². The number of nitrogens with one attached hydrogen (secondary N) is 2. The van der Waals surface area contributed by atoms with Gasteiger partial charge in [-0.25, -0.2) is 8.78 Å². The molecule has 2 rings (SSSR count). The second-order valence-electron chi connectivity index (χ2n) is 5.22. The molecule has 0 atom stereocenters. The standard InChI is InChI=1S/C14H18F2N2O/c1-17-8-14(4-5-14)9-18-13(19)7-10-6-11(15)2-3-12(10)16/h2-3,6,17H,4-5,7-9H2,1H3,(H,18,19). The van der Waals surface area contributed by atoms with Gasteiger partial charge in [0.05, 0.1) is 6.42 Å². The van der Waals surface area contributed by atoms with E-state index in [-0.39, 0.29) is 23.3 Å². The van der Waals surface area contributed by atoms with Crippen molar-refractivity contribution < 1.29 is 13.6 Å². The second kappa shape index (κ2) is 5.65. The van der Waals surface area contributed by atoms with Crippen LogP contribution in [0, 0.1) is 17.0 Å². The number of rotatable bonds is 6. The molecule has 1 aromatic rings. The molecule has 1 amide bonds. The summed E-state index contributed by atoms with van der Waals surface area (Å²) in [6.45, 7) is 1.45. The zero-order valence-corrected chi connectivity index (χ0v) is 10.9. The molecule has 104 valence electrons. The van der Waals surface area contributed by atoms with Gasteiger partial charge in [-0.1, -0.05) is 0 Å². The van der Waals surface area contributed by atoms with Crippen molar-refractivity contribution in [3.05, 3.63) is 35.4 Å². The smallest absolute Gasteiger partial charge is 0.224 e. The minimum atomic E-state index is -0.548. The van der Waals surface area contributed by atoms with Gasteiger partial charge in [0.15, 0.2) is 0 Å². The lowest BCUT2D eigenvalue weighted by molar-refractivity contribution is -0.120. The lowest BCUT2D eigenvalue weighted by atomic mass is 10.1. The van der Waals surface area contributed by atoms with Gasteiger partial charge in [-0.05, 0) is 38.1 Å². The van der Waals surface area contributed by atoms with E-state index < -0.39 is 11.6 Å². The van der Waals surface area contributed by atoms with Gasteiger partial charge in [0.2, 0.25) is 5.91 Å². The Balaban J connectivity index is 1.86. The highest BCUT2D eigenvalue weighted by atomic mass is 19.1. The SMILES string of the molecule is CNCC1(CNC(=O)Cc2cc(F)ccc2F)CC1. The molecule has 1 aromatic carbocycles. The molecule has 0 spiro atoms. The van der Waals surface area contributed by atoms with E-state index in [2.05, 4.69) is 10.6 Å². The van der Waals surface area contributed by atoms with Crippen LogP contribution >= 0.6 is 0 Å². The van der Waals surface area contributed by atoms with Gasteiger partial charge in [0.1, 0.15) is 11.6 Å². The number of amides is 1. The van der Waals surface area contributed by atoms with Crippen molar-refractivity contribution in [3.8, 4) is 0 Å². The van der Waals surface area contributed by atoms with Crippen molar-refractivity contribution in [2.45, 2.75) is 19.3 Å². The predicted molar refractivity (Wildman–Crippen MR) is 68.7 cm³/mol. The average Bonchev–Trinajstić information content (AvgIpc) is 3.12. The molecule has 5 heteroatoms. The maximum atomic E-state index is 13.4. The molecule has 3 nitrogen and oxygen atoms in total. The van der Waals surface area contributed by atoms with Crippen LogP contribution in [-0.4, -0.2) is 26.0 Å². The minimum Gasteiger partial charge on any atom is -0.355 e. The van der Waals surface area contributed by atoms with Gasteiger partial charge < -0.3 is 10.6 Å². The Morgan fingerprint density at radius 2 is 2.05 bits per heavy atom. The predicted octanol–water partition coefficient (Wildman–Crippen LogP) is 1.62. The van der Waals surface area contributed by atoms with Crippen LogP contribution in [0.1, 0.15) is 18.4 Å². The van der Waals surface area contributed by atoms with Gasteiger partial charge in [-0.15, -0.1) is 0 Å². The number of carbonyl (C=O) groups excluding carboxylic acids is 1. The van der Waals surface area contributed by atoms with Crippen LogP contribution in [0.15, 0.2) is 18.2 Å². The van der Waals surface area contributed by atoms with Crippen molar-refractivity contribution in [3.63, 3.8) is 0 Å². The zero-order chi connectivity index (χ0) is 13.9. The first-order valence-electron chi connectivity index (χ1n) is 6.40. The summed E-state index contributed by atoms with van der Waals surface area (Å²) in [6.07, 6.45) is 2.05. The van der Waals surface area contributed by atoms with Crippen LogP contribution in [0.25, 0.3) is 0 Å². The minimum absolute atomic E-state index is 0.0935. The molecular weight excluding hydrogens is 250 g/mol. The molecule has 2 N–H and O–H groups in total. The Morgan fingerprint density at radius 3 is 2.68 bits per heavy atom. The zero-order valence-electron chi connectivity index (χ0n) is 10.9. The van der Waals surface area contributed by atoms with Gasteiger partial charge in [0, 0.05) is 24.1 Å². The number of carbonyl (C=O) groups is 1. The molecule has 0 bridgehead atoms. The van der Waals surface area contributed by atoms with Crippen LogP contribution in [0.4, 0.5) is 8.78 Å². The number of hydrogen-bond acceptors (Lipinski definition) is 2.